The molecule has 0 aliphatic heterocycles. The SMILES string of the molecule is CC(C)(C)NCc1ccc(OCCCC#N)cc1. The molecule has 0 bridgehead atoms. The predicted molar refractivity (Wildman–Crippen MR) is 73.4 cm³/mol. The van der Waals surface area contributed by atoms with E-state index in [0.717, 1.165) is 18.7 Å². The number of nitriles is 1. The molecule has 0 saturated heterocycles. The van der Waals surface area contributed by atoms with E-state index in [-0.39, 0.29) is 5.54 Å². The lowest BCUT2D eigenvalue weighted by Gasteiger charge is -2.20. The summed E-state index contributed by atoms with van der Waals surface area (Å²) in [6, 6.07) is 10.2. The molecule has 0 fully saturated rings. The first-order valence-electron chi connectivity index (χ1n) is 6.35. The minimum Gasteiger partial charge on any atom is -0.494 e. The average Bonchev–Trinajstić information content (AvgIpc) is 2.33. The van der Waals surface area contributed by atoms with Crippen LogP contribution in [0.5, 0.6) is 5.75 Å². The number of benzene rings is 1. The van der Waals surface area contributed by atoms with Gasteiger partial charge in [0.05, 0.1) is 12.7 Å². The van der Waals surface area contributed by atoms with E-state index in [1.54, 1.807) is 0 Å². The van der Waals surface area contributed by atoms with Crippen molar-refractivity contribution in [1.29, 1.82) is 5.26 Å². The van der Waals surface area contributed by atoms with Crippen LogP contribution in [0.3, 0.4) is 0 Å². The quantitative estimate of drug-likeness (QED) is 0.784. The Hall–Kier alpha value is -1.53. The molecule has 0 heterocycles. The van der Waals surface area contributed by atoms with Gasteiger partial charge >= 0.3 is 0 Å². The molecule has 1 rings (SSSR count). The number of nitrogens with zero attached hydrogens (tertiary/aromatic N) is 1. The summed E-state index contributed by atoms with van der Waals surface area (Å²) in [6.45, 7) is 7.92. The normalized spacial score (nSPS) is 11.0. The van der Waals surface area contributed by atoms with Gasteiger partial charge in [-0.1, -0.05) is 12.1 Å². The topological polar surface area (TPSA) is 45.0 Å². The number of hydrogen-bond acceptors (Lipinski definition) is 3. The number of ether oxygens (including phenoxy) is 1. The maximum atomic E-state index is 8.41. The summed E-state index contributed by atoms with van der Waals surface area (Å²) in [7, 11) is 0. The fraction of sp³-hybridized carbons (Fsp3) is 0.533. The van der Waals surface area contributed by atoms with Crippen molar-refractivity contribution >= 4 is 0 Å². The molecule has 0 aliphatic rings. The van der Waals surface area contributed by atoms with E-state index in [0.29, 0.717) is 13.0 Å². The first-order chi connectivity index (χ1) is 8.51. The maximum absolute atomic E-state index is 8.41. The van der Waals surface area contributed by atoms with Crippen molar-refractivity contribution in [1.82, 2.24) is 5.32 Å². The summed E-state index contributed by atoms with van der Waals surface area (Å²) in [6.07, 6.45) is 1.33. The summed E-state index contributed by atoms with van der Waals surface area (Å²) < 4.78 is 5.54. The number of unbranched alkanes of at least 4 members (excludes halogenated alkanes) is 1. The van der Waals surface area contributed by atoms with E-state index in [1.807, 2.05) is 12.1 Å². The fourth-order valence-electron chi connectivity index (χ4n) is 1.41. The second kappa shape index (κ2) is 7.03. The average molecular weight is 246 g/mol. The van der Waals surface area contributed by atoms with Gasteiger partial charge in [0.15, 0.2) is 0 Å². The smallest absolute Gasteiger partial charge is 0.119 e. The van der Waals surface area contributed by atoms with Gasteiger partial charge in [-0.3, -0.25) is 0 Å². The van der Waals surface area contributed by atoms with E-state index >= 15 is 0 Å². The summed E-state index contributed by atoms with van der Waals surface area (Å²) in [5, 5.41) is 11.9. The Morgan fingerprint density at radius 2 is 1.89 bits per heavy atom. The Balaban J connectivity index is 2.36. The zero-order chi connectivity index (χ0) is 13.4. The zero-order valence-electron chi connectivity index (χ0n) is 11.5. The molecule has 3 heteroatoms. The molecule has 0 aromatic heterocycles. The van der Waals surface area contributed by atoms with Crippen LogP contribution in [0.2, 0.25) is 0 Å². The largest absolute Gasteiger partial charge is 0.494 e. The third kappa shape index (κ3) is 6.27. The lowest BCUT2D eigenvalue weighted by molar-refractivity contribution is 0.312. The number of hydrogen-bond donors (Lipinski definition) is 1. The molecule has 0 spiro atoms. The van der Waals surface area contributed by atoms with E-state index in [2.05, 4.69) is 44.3 Å². The second-order valence-corrected chi connectivity index (χ2v) is 5.36. The van der Waals surface area contributed by atoms with Gasteiger partial charge in [0.2, 0.25) is 0 Å². The maximum Gasteiger partial charge on any atom is 0.119 e. The first kappa shape index (κ1) is 14.5. The van der Waals surface area contributed by atoms with Crippen molar-refractivity contribution in [3.63, 3.8) is 0 Å². The molecule has 0 aliphatic carbocycles. The Bertz CT molecular complexity index is 384. The van der Waals surface area contributed by atoms with Gasteiger partial charge in [-0.15, -0.1) is 0 Å². The van der Waals surface area contributed by atoms with Crippen molar-refractivity contribution in [3.05, 3.63) is 29.8 Å². The highest BCUT2D eigenvalue weighted by molar-refractivity contribution is 5.27. The van der Waals surface area contributed by atoms with Crippen LogP contribution < -0.4 is 10.1 Å². The van der Waals surface area contributed by atoms with Gasteiger partial charge in [-0.05, 0) is 44.9 Å². The predicted octanol–water partition coefficient (Wildman–Crippen LogP) is 3.26. The summed E-state index contributed by atoms with van der Waals surface area (Å²) in [4.78, 5) is 0. The van der Waals surface area contributed by atoms with Gasteiger partial charge in [-0.25, -0.2) is 0 Å². The standard InChI is InChI=1S/C15H22N2O/c1-15(2,3)17-12-13-6-8-14(9-7-13)18-11-5-4-10-16/h6-9,17H,4-5,11-12H2,1-3H3. The third-order valence-corrected chi connectivity index (χ3v) is 2.45. The molecular formula is C15H22N2O. The monoisotopic (exact) mass is 246 g/mol. The van der Waals surface area contributed by atoms with Crippen LogP contribution in [0.4, 0.5) is 0 Å². The van der Waals surface area contributed by atoms with Gasteiger partial charge in [-0.2, -0.15) is 5.26 Å². The first-order valence-corrected chi connectivity index (χ1v) is 6.35. The fourth-order valence-corrected chi connectivity index (χ4v) is 1.41. The highest BCUT2D eigenvalue weighted by Crippen LogP contribution is 2.13. The van der Waals surface area contributed by atoms with Crippen LogP contribution in [-0.4, -0.2) is 12.1 Å². The number of nitrogens with one attached hydrogen (secondary N) is 1. The molecule has 0 saturated carbocycles. The molecule has 3 nitrogen and oxygen atoms in total. The molecule has 0 radical (unpaired) electrons. The molecule has 1 aromatic rings. The van der Waals surface area contributed by atoms with Gasteiger partial charge in [0.25, 0.3) is 0 Å². The van der Waals surface area contributed by atoms with Crippen LogP contribution in [0.15, 0.2) is 24.3 Å². The summed E-state index contributed by atoms with van der Waals surface area (Å²) >= 11 is 0. The minimum atomic E-state index is 0.131. The molecule has 1 aromatic carbocycles. The van der Waals surface area contributed by atoms with Crippen LogP contribution in [-0.2, 0) is 6.54 Å². The van der Waals surface area contributed by atoms with E-state index in [9.17, 15) is 0 Å². The molecule has 0 atom stereocenters. The molecule has 0 unspecified atom stereocenters. The van der Waals surface area contributed by atoms with E-state index in [4.69, 9.17) is 10.00 Å². The van der Waals surface area contributed by atoms with Crippen molar-refractivity contribution in [3.8, 4) is 11.8 Å². The van der Waals surface area contributed by atoms with Gasteiger partial charge < -0.3 is 10.1 Å². The lowest BCUT2D eigenvalue weighted by atomic mass is 10.1. The third-order valence-electron chi connectivity index (χ3n) is 2.45. The highest BCUT2D eigenvalue weighted by atomic mass is 16.5. The summed E-state index contributed by atoms with van der Waals surface area (Å²) in [5.41, 5.74) is 1.38. The van der Waals surface area contributed by atoms with Crippen LogP contribution in [0, 0.1) is 11.3 Å². The Morgan fingerprint density at radius 1 is 1.22 bits per heavy atom. The van der Waals surface area contributed by atoms with Gasteiger partial charge in [0.1, 0.15) is 5.75 Å². The van der Waals surface area contributed by atoms with Crippen LogP contribution in [0.1, 0.15) is 39.2 Å². The van der Waals surface area contributed by atoms with Gasteiger partial charge in [0, 0.05) is 18.5 Å². The highest BCUT2D eigenvalue weighted by Gasteiger charge is 2.07. The van der Waals surface area contributed by atoms with Crippen LogP contribution in [0.25, 0.3) is 0 Å². The van der Waals surface area contributed by atoms with Crippen molar-refractivity contribution in [2.24, 2.45) is 0 Å². The summed E-state index contributed by atoms with van der Waals surface area (Å²) in [5.74, 6) is 0.868. The molecule has 0 amide bonds. The number of rotatable bonds is 6. The minimum absolute atomic E-state index is 0.131. The molecule has 18 heavy (non-hydrogen) atoms. The zero-order valence-corrected chi connectivity index (χ0v) is 11.5. The van der Waals surface area contributed by atoms with Crippen LogP contribution >= 0.6 is 0 Å². The Kier molecular flexibility index (Phi) is 5.67. The Morgan fingerprint density at radius 3 is 2.44 bits per heavy atom. The second-order valence-electron chi connectivity index (χ2n) is 5.36. The Labute approximate surface area is 110 Å². The molecular weight excluding hydrogens is 224 g/mol. The molecule has 1 N–H and O–H groups in total. The molecule has 98 valence electrons. The van der Waals surface area contributed by atoms with Crippen molar-refractivity contribution in [2.45, 2.75) is 45.7 Å². The lowest BCUT2D eigenvalue weighted by Crippen LogP contribution is -2.35. The van der Waals surface area contributed by atoms with Crippen molar-refractivity contribution < 1.29 is 4.74 Å². The van der Waals surface area contributed by atoms with E-state index in [1.165, 1.54) is 5.56 Å². The van der Waals surface area contributed by atoms with E-state index < -0.39 is 0 Å². The van der Waals surface area contributed by atoms with Crippen molar-refractivity contribution in [2.75, 3.05) is 6.61 Å².